The van der Waals surface area contributed by atoms with Crippen molar-refractivity contribution in [1.82, 2.24) is 15.1 Å². The highest BCUT2D eigenvalue weighted by molar-refractivity contribution is 5.76. The van der Waals surface area contributed by atoms with Gasteiger partial charge in [-0.2, -0.15) is 5.10 Å². The van der Waals surface area contributed by atoms with Crippen LogP contribution >= 0.6 is 0 Å². The third kappa shape index (κ3) is 4.14. The summed E-state index contributed by atoms with van der Waals surface area (Å²) in [7, 11) is 0. The number of carbonyl (C=O) groups excluding carboxylic acids is 1. The molecule has 1 saturated carbocycles. The van der Waals surface area contributed by atoms with Crippen LogP contribution < -0.4 is 10.9 Å². The van der Waals surface area contributed by atoms with Crippen LogP contribution in [-0.2, 0) is 11.3 Å². The van der Waals surface area contributed by atoms with Crippen LogP contribution in [0.25, 0.3) is 11.1 Å². The monoisotopic (exact) mass is 387 g/mol. The molecule has 0 radical (unpaired) electrons. The van der Waals surface area contributed by atoms with Gasteiger partial charge in [-0.05, 0) is 38.2 Å². The summed E-state index contributed by atoms with van der Waals surface area (Å²) in [6.45, 7) is 6.99. The van der Waals surface area contributed by atoms with E-state index in [4.69, 9.17) is 0 Å². The molecule has 150 valence electrons. The normalized spacial score (nSPS) is 21.5. The van der Waals surface area contributed by atoms with Crippen LogP contribution in [0.2, 0.25) is 0 Å². The van der Waals surface area contributed by atoms with Crippen molar-refractivity contribution < 1.29 is 14.3 Å². The van der Waals surface area contributed by atoms with Gasteiger partial charge in [0, 0.05) is 23.2 Å². The molecule has 6 nitrogen and oxygen atoms in total. The van der Waals surface area contributed by atoms with Crippen LogP contribution in [0.1, 0.15) is 50.8 Å². The highest BCUT2D eigenvalue weighted by Crippen LogP contribution is 2.31. The zero-order valence-corrected chi connectivity index (χ0v) is 16.6. The number of hydrogen-bond acceptors (Lipinski definition) is 4. The van der Waals surface area contributed by atoms with E-state index < -0.39 is 11.2 Å². The van der Waals surface area contributed by atoms with Crippen molar-refractivity contribution in [2.45, 2.75) is 64.6 Å². The molecule has 2 aromatic rings. The molecule has 1 aliphatic carbocycles. The third-order valence-corrected chi connectivity index (χ3v) is 5.09. The van der Waals surface area contributed by atoms with Gasteiger partial charge in [-0.25, -0.2) is 9.07 Å². The lowest BCUT2D eigenvalue weighted by atomic mass is 9.77. The highest BCUT2D eigenvalue weighted by atomic mass is 19.1. The van der Waals surface area contributed by atoms with E-state index in [0.29, 0.717) is 35.2 Å². The van der Waals surface area contributed by atoms with Gasteiger partial charge < -0.3 is 10.4 Å². The molecule has 1 amide bonds. The number of hydrogen-bond donors (Lipinski definition) is 2. The SMILES string of the molecule is Cc1cccc(-c2cc(=O)n(CC(=O)N[C@H]3C[C@](C)(O)C3)nc2C(C)C)c1F. The van der Waals surface area contributed by atoms with Crippen molar-refractivity contribution in [2.75, 3.05) is 0 Å². The highest BCUT2D eigenvalue weighted by Gasteiger charge is 2.39. The van der Waals surface area contributed by atoms with E-state index in [2.05, 4.69) is 10.4 Å². The van der Waals surface area contributed by atoms with Gasteiger partial charge in [0.25, 0.3) is 5.56 Å². The van der Waals surface area contributed by atoms with E-state index in [-0.39, 0.29) is 30.2 Å². The van der Waals surface area contributed by atoms with Crippen LogP contribution in [0.15, 0.2) is 29.1 Å². The first-order chi connectivity index (χ1) is 13.1. The van der Waals surface area contributed by atoms with Crippen molar-refractivity contribution in [3.05, 3.63) is 51.7 Å². The van der Waals surface area contributed by atoms with Gasteiger partial charge in [0.1, 0.15) is 12.4 Å². The minimum absolute atomic E-state index is 0.0634. The molecule has 3 rings (SSSR count). The summed E-state index contributed by atoms with van der Waals surface area (Å²) in [6.07, 6.45) is 0.980. The van der Waals surface area contributed by atoms with E-state index in [1.54, 1.807) is 32.0 Å². The summed E-state index contributed by atoms with van der Waals surface area (Å²) >= 11 is 0. The predicted molar refractivity (Wildman–Crippen MR) is 105 cm³/mol. The molecule has 0 bridgehead atoms. The summed E-state index contributed by atoms with van der Waals surface area (Å²) in [5.74, 6) is -0.774. The van der Waals surface area contributed by atoms with Gasteiger partial charge in [0.2, 0.25) is 5.91 Å². The van der Waals surface area contributed by atoms with Crippen molar-refractivity contribution in [3.63, 3.8) is 0 Å². The Hall–Kier alpha value is -2.54. The smallest absolute Gasteiger partial charge is 0.267 e. The van der Waals surface area contributed by atoms with Crippen molar-refractivity contribution in [1.29, 1.82) is 0 Å². The first-order valence-electron chi connectivity index (χ1n) is 9.46. The van der Waals surface area contributed by atoms with E-state index in [9.17, 15) is 19.1 Å². The summed E-state index contributed by atoms with van der Waals surface area (Å²) in [5.41, 5.74) is 0.637. The number of carbonyl (C=O) groups is 1. The lowest BCUT2D eigenvalue weighted by Gasteiger charge is -2.41. The average Bonchev–Trinajstić information content (AvgIpc) is 2.57. The fourth-order valence-electron chi connectivity index (χ4n) is 3.63. The quantitative estimate of drug-likeness (QED) is 0.826. The number of aromatic nitrogens is 2. The second-order valence-corrected chi connectivity index (χ2v) is 8.20. The van der Waals surface area contributed by atoms with Gasteiger partial charge in [-0.15, -0.1) is 0 Å². The molecule has 1 aliphatic rings. The number of rotatable bonds is 5. The molecule has 1 fully saturated rings. The van der Waals surface area contributed by atoms with Crippen molar-refractivity contribution in [3.8, 4) is 11.1 Å². The Bertz CT molecular complexity index is 958. The molecular formula is C21H26FN3O3. The predicted octanol–water partition coefficient (Wildman–Crippen LogP) is 2.51. The number of benzene rings is 1. The zero-order valence-electron chi connectivity index (χ0n) is 16.6. The second-order valence-electron chi connectivity index (χ2n) is 8.20. The molecule has 0 aliphatic heterocycles. The molecule has 0 spiro atoms. The zero-order chi connectivity index (χ0) is 20.6. The van der Waals surface area contributed by atoms with Gasteiger partial charge in [0.05, 0.1) is 11.3 Å². The number of nitrogens with one attached hydrogen (secondary N) is 1. The Morgan fingerprint density at radius 2 is 2.07 bits per heavy atom. The van der Waals surface area contributed by atoms with Crippen LogP contribution in [0, 0.1) is 12.7 Å². The summed E-state index contributed by atoms with van der Waals surface area (Å²) in [4.78, 5) is 24.8. The number of nitrogens with zero attached hydrogens (tertiary/aromatic N) is 2. The Morgan fingerprint density at radius 3 is 2.68 bits per heavy atom. The molecule has 1 aromatic heterocycles. The number of aryl methyl sites for hydroxylation is 1. The van der Waals surface area contributed by atoms with E-state index >= 15 is 0 Å². The topological polar surface area (TPSA) is 84.2 Å². The lowest BCUT2D eigenvalue weighted by Crippen LogP contribution is -2.54. The van der Waals surface area contributed by atoms with Crippen LogP contribution in [0.5, 0.6) is 0 Å². The van der Waals surface area contributed by atoms with Gasteiger partial charge in [0.15, 0.2) is 0 Å². The Morgan fingerprint density at radius 1 is 1.39 bits per heavy atom. The molecule has 2 N–H and O–H groups in total. The molecule has 0 unspecified atom stereocenters. The van der Waals surface area contributed by atoms with E-state index in [1.165, 1.54) is 6.07 Å². The second kappa shape index (κ2) is 7.47. The lowest BCUT2D eigenvalue weighted by molar-refractivity contribution is -0.125. The van der Waals surface area contributed by atoms with Crippen LogP contribution in [0.3, 0.4) is 0 Å². The number of aliphatic hydroxyl groups is 1. The molecule has 1 aromatic carbocycles. The van der Waals surface area contributed by atoms with E-state index in [1.807, 2.05) is 13.8 Å². The molecule has 7 heteroatoms. The average molecular weight is 387 g/mol. The number of amides is 1. The molecule has 0 saturated heterocycles. The maximum Gasteiger partial charge on any atom is 0.267 e. The first kappa shape index (κ1) is 20.2. The van der Waals surface area contributed by atoms with Gasteiger partial charge >= 0.3 is 0 Å². The minimum atomic E-state index is -0.739. The van der Waals surface area contributed by atoms with Crippen molar-refractivity contribution in [2.24, 2.45) is 0 Å². The van der Waals surface area contributed by atoms with Gasteiger partial charge in [-0.1, -0.05) is 32.0 Å². The fraction of sp³-hybridized carbons (Fsp3) is 0.476. The molecule has 1 heterocycles. The van der Waals surface area contributed by atoms with E-state index in [0.717, 1.165) is 4.68 Å². The molecular weight excluding hydrogens is 361 g/mol. The number of halogens is 1. The van der Waals surface area contributed by atoms with Crippen LogP contribution in [-0.4, -0.2) is 32.4 Å². The maximum atomic E-state index is 14.6. The summed E-state index contributed by atoms with van der Waals surface area (Å²) < 4.78 is 15.7. The first-order valence-corrected chi connectivity index (χ1v) is 9.46. The summed E-state index contributed by atoms with van der Waals surface area (Å²) in [6, 6.07) is 6.30. The molecule has 0 atom stereocenters. The standard InChI is InChI=1S/C21H26FN3O3/c1-12(2)20-16(15-7-5-6-13(3)19(15)22)8-18(27)25(24-20)11-17(26)23-14-9-21(4,28)10-14/h5-8,12,14,28H,9-11H2,1-4H3,(H,23,26)/t14-,21-. The molecule has 28 heavy (non-hydrogen) atoms. The summed E-state index contributed by atoms with van der Waals surface area (Å²) in [5, 5.41) is 16.9. The van der Waals surface area contributed by atoms with Crippen LogP contribution in [0.4, 0.5) is 4.39 Å². The Labute approximate surface area is 163 Å². The largest absolute Gasteiger partial charge is 0.390 e. The third-order valence-electron chi connectivity index (χ3n) is 5.09. The minimum Gasteiger partial charge on any atom is -0.390 e. The fourth-order valence-corrected chi connectivity index (χ4v) is 3.63. The maximum absolute atomic E-state index is 14.6. The van der Waals surface area contributed by atoms with Gasteiger partial charge in [-0.3, -0.25) is 9.59 Å². The van der Waals surface area contributed by atoms with Crippen molar-refractivity contribution >= 4 is 5.91 Å². The Kier molecular flexibility index (Phi) is 5.39. The Balaban J connectivity index is 1.88.